The van der Waals surface area contributed by atoms with Crippen LogP contribution in [0.25, 0.3) is 0 Å². The topological polar surface area (TPSA) is 55.1 Å². The van der Waals surface area contributed by atoms with Crippen LogP contribution in [0.1, 0.15) is 12.0 Å². The second kappa shape index (κ2) is 6.17. The van der Waals surface area contributed by atoms with Crippen LogP contribution in [0.2, 0.25) is 0 Å². The molecule has 5 heteroatoms. The molecule has 1 aromatic carbocycles. The van der Waals surface area contributed by atoms with E-state index in [2.05, 4.69) is 5.32 Å². The minimum atomic E-state index is -0.831. The molecule has 0 aliphatic heterocycles. The average molecular weight is 228 g/mol. The van der Waals surface area contributed by atoms with E-state index in [-0.39, 0.29) is 6.54 Å². The number of hydrogen-bond acceptors (Lipinski definition) is 2. The molecule has 0 radical (unpaired) electrons. The molecule has 0 aromatic heterocycles. The lowest BCUT2D eigenvalue weighted by Gasteiger charge is -2.04. The molecule has 3 N–H and O–H groups in total. The number of hydrogen-bond donors (Lipinski definition) is 2. The predicted octanol–water partition coefficient (Wildman–Crippen LogP) is 0.972. The van der Waals surface area contributed by atoms with E-state index in [0.29, 0.717) is 24.9 Å². The Kier molecular flexibility index (Phi) is 4.85. The van der Waals surface area contributed by atoms with E-state index in [4.69, 9.17) is 5.73 Å². The maximum atomic E-state index is 13.2. The first-order chi connectivity index (χ1) is 7.61. The summed E-state index contributed by atoms with van der Waals surface area (Å²) in [5.41, 5.74) is 5.27. The van der Waals surface area contributed by atoms with Gasteiger partial charge >= 0.3 is 0 Å². The third-order valence-electron chi connectivity index (χ3n) is 2.13. The number of carbonyl (C=O) groups is 1. The van der Waals surface area contributed by atoms with Gasteiger partial charge in [0.15, 0.2) is 11.6 Å². The van der Waals surface area contributed by atoms with Gasteiger partial charge in [0.25, 0.3) is 0 Å². The van der Waals surface area contributed by atoms with Crippen molar-refractivity contribution in [3.8, 4) is 0 Å². The zero-order valence-corrected chi connectivity index (χ0v) is 8.80. The van der Waals surface area contributed by atoms with E-state index < -0.39 is 17.5 Å². The standard InChI is InChI=1S/C11H14F2N2O/c12-9-5-1-3-8(11(9)13)4-2-6-15-7-10(14)16/h1,3,5,15H,2,4,6-7H2,(H2,14,16). The van der Waals surface area contributed by atoms with Gasteiger partial charge in [-0.1, -0.05) is 12.1 Å². The SMILES string of the molecule is NC(=O)CNCCCc1cccc(F)c1F. The van der Waals surface area contributed by atoms with E-state index >= 15 is 0 Å². The molecule has 3 nitrogen and oxygen atoms in total. The number of carbonyl (C=O) groups excluding carboxylic acids is 1. The lowest BCUT2D eigenvalue weighted by molar-refractivity contribution is -0.117. The average Bonchev–Trinajstić information content (AvgIpc) is 2.23. The Bertz CT molecular complexity index is 369. The second-order valence-corrected chi connectivity index (χ2v) is 3.46. The Morgan fingerprint density at radius 2 is 2.12 bits per heavy atom. The summed E-state index contributed by atoms with van der Waals surface area (Å²) >= 11 is 0. The largest absolute Gasteiger partial charge is 0.369 e. The molecule has 1 aromatic rings. The number of rotatable bonds is 6. The normalized spacial score (nSPS) is 10.4. The summed E-state index contributed by atoms with van der Waals surface area (Å²) < 4.78 is 26.0. The molecular weight excluding hydrogens is 214 g/mol. The molecule has 16 heavy (non-hydrogen) atoms. The zero-order valence-electron chi connectivity index (χ0n) is 8.80. The minimum Gasteiger partial charge on any atom is -0.369 e. The van der Waals surface area contributed by atoms with Gasteiger partial charge in [-0.25, -0.2) is 8.78 Å². The van der Waals surface area contributed by atoms with Crippen molar-refractivity contribution in [1.29, 1.82) is 0 Å². The van der Waals surface area contributed by atoms with Crippen molar-refractivity contribution >= 4 is 5.91 Å². The van der Waals surface area contributed by atoms with Gasteiger partial charge in [-0.2, -0.15) is 0 Å². The van der Waals surface area contributed by atoms with Crippen molar-refractivity contribution < 1.29 is 13.6 Å². The van der Waals surface area contributed by atoms with Crippen LogP contribution in [-0.4, -0.2) is 19.0 Å². The maximum absolute atomic E-state index is 13.2. The van der Waals surface area contributed by atoms with Crippen molar-refractivity contribution in [1.82, 2.24) is 5.32 Å². The monoisotopic (exact) mass is 228 g/mol. The van der Waals surface area contributed by atoms with Crippen molar-refractivity contribution in [3.63, 3.8) is 0 Å². The van der Waals surface area contributed by atoms with E-state index in [0.717, 1.165) is 6.07 Å². The number of amides is 1. The summed E-state index contributed by atoms with van der Waals surface area (Å²) in [7, 11) is 0. The van der Waals surface area contributed by atoms with Gasteiger partial charge in [0.1, 0.15) is 0 Å². The van der Waals surface area contributed by atoms with Gasteiger partial charge in [0, 0.05) is 0 Å². The number of nitrogens with two attached hydrogens (primary N) is 1. The van der Waals surface area contributed by atoms with Gasteiger partial charge in [-0.15, -0.1) is 0 Å². The fourth-order valence-corrected chi connectivity index (χ4v) is 1.36. The summed E-state index contributed by atoms with van der Waals surface area (Å²) in [4.78, 5) is 10.4. The molecule has 0 spiro atoms. The van der Waals surface area contributed by atoms with Crippen LogP contribution in [0.5, 0.6) is 0 Å². The quantitative estimate of drug-likeness (QED) is 0.713. The number of halogens is 2. The molecule has 0 fully saturated rings. The molecule has 0 saturated heterocycles. The Labute approximate surface area is 92.6 Å². The maximum Gasteiger partial charge on any atom is 0.231 e. The van der Waals surface area contributed by atoms with Crippen molar-refractivity contribution in [2.75, 3.05) is 13.1 Å². The highest BCUT2D eigenvalue weighted by molar-refractivity contribution is 5.75. The van der Waals surface area contributed by atoms with Crippen LogP contribution >= 0.6 is 0 Å². The van der Waals surface area contributed by atoms with Crippen LogP contribution < -0.4 is 11.1 Å². The fraction of sp³-hybridized carbons (Fsp3) is 0.364. The van der Waals surface area contributed by atoms with E-state index in [1.165, 1.54) is 6.07 Å². The Balaban J connectivity index is 2.32. The predicted molar refractivity (Wildman–Crippen MR) is 56.7 cm³/mol. The van der Waals surface area contributed by atoms with Crippen LogP contribution in [0.15, 0.2) is 18.2 Å². The minimum absolute atomic E-state index is 0.103. The summed E-state index contributed by atoms with van der Waals surface area (Å²) in [5.74, 6) is -2.06. The molecule has 0 saturated carbocycles. The lowest BCUT2D eigenvalue weighted by Crippen LogP contribution is -2.29. The first kappa shape index (κ1) is 12.6. The molecule has 0 heterocycles. The highest BCUT2D eigenvalue weighted by atomic mass is 19.2. The lowest BCUT2D eigenvalue weighted by atomic mass is 10.1. The van der Waals surface area contributed by atoms with Gasteiger partial charge in [0.2, 0.25) is 5.91 Å². The van der Waals surface area contributed by atoms with Crippen LogP contribution in [0.3, 0.4) is 0 Å². The Morgan fingerprint density at radius 3 is 2.81 bits per heavy atom. The zero-order chi connectivity index (χ0) is 12.0. The molecule has 1 rings (SSSR count). The van der Waals surface area contributed by atoms with Crippen molar-refractivity contribution in [3.05, 3.63) is 35.4 Å². The second-order valence-electron chi connectivity index (χ2n) is 3.46. The van der Waals surface area contributed by atoms with Crippen molar-refractivity contribution in [2.24, 2.45) is 5.73 Å². The van der Waals surface area contributed by atoms with E-state index in [1.807, 2.05) is 0 Å². The number of primary amides is 1. The summed E-state index contributed by atoms with van der Waals surface area (Å²) in [6.07, 6.45) is 1.04. The highest BCUT2D eigenvalue weighted by Crippen LogP contribution is 2.12. The molecule has 1 amide bonds. The smallest absolute Gasteiger partial charge is 0.231 e. The van der Waals surface area contributed by atoms with Gasteiger partial charge in [0.05, 0.1) is 6.54 Å². The highest BCUT2D eigenvalue weighted by Gasteiger charge is 2.06. The van der Waals surface area contributed by atoms with Crippen LogP contribution in [0.4, 0.5) is 8.78 Å². The molecule has 0 aliphatic carbocycles. The van der Waals surface area contributed by atoms with Crippen molar-refractivity contribution in [2.45, 2.75) is 12.8 Å². The fourth-order valence-electron chi connectivity index (χ4n) is 1.36. The first-order valence-electron chi connectivity index (χ1n) is 5.03. The van der Waals surface area contributed by atoms with Gasteiger partial charge < -0.3 is 11.1 Å². The molecule has 0 aliphatic rings. The molecule has 0 bridgehead atoms. The molecule has 0 atom stereocenters. The Morgan fingerprint density at radius 1 is 1.38 bits per heavy atom. The Hall–Kier alpha value is -1.49. The van der Waals surface area contributed by atoms with Crippen LogP contribution in [0, 0.1) is 11.6 Å². The van der Waals surface area contributed by atoms with Gasteiger partial charge in [-0.3, -0.25) is 4.79 Å². The first-order valence-corrected chi connectivity index (χ1v) is 5.03. The number of nitrogens with one attached hydrogen (secondary N) is 1. The summed E-state index contributed by atoms with van der Waals surface area (Å²) in [5, 5.41) is 2.80. The third-order valence-corrected chi connectivity index (χ3v) is 2.13. The van der Waals surface area contributed by atoms with E-state index in [9.17, 15) is 13.6 Å². The van der Waals surface area contributed by atoms with E-state index in [1.54, 1.807) is 6.07 Å². The summed E-state index contributed by atoms with van der Waals surface area (Å²) in [6, 6.07) is 4.11. The summed E-state index contributed by atoms with van der Waals surface area (Å²) in [6.45, 7) is 0.643. The molecule has 88 valence electrons. The molecular formula is C11H14F2N2O. The number of aryl methyl sites for hydroxylation is 1. The van der Waals surface area contributed by atoms with Gasteiger partial charge in [-0.05, 0) is 31.0 Å². The van der Waals surface area contributed by atoms with Crippen LogP contribution in [-0.2, 0) is 11.2 Å². The third kappa shape index (κ3) is 3.94. The molecule has 0 unspecified atom stereocenters. The number of benzene rings is 1.